The molecule has 8 heteroatoms. The van der Waals surface area contributed by atoms with Crippen LogP contribution in [0, 0.1) is 0 Å². The fourth-order valence-corrected chi connectivity index (χ4v) is 2.24. The standard InChI is InChI=1S/C16H15N3O5/c20-14(17-7-8-18-15(21)13-6-3-9-23-13)10-19-11-4-1-2-5-12(11)24-16(19)22/h1-6,9H,7-8,10H2,(H,17,20)(H,18,21). The van der Waals surface area contributed by atoms with E-state index in [0.717, 1.165) is 0 Å². The summed E-state index contributed by atoms with van der Waals surface area (Å²) in [7, 11) is 0. The predicted octanol–water partition coefficient (Wildman–Crippen LogP) is 0.734. The highest BCUT2D eigenvalue weighted by Crippen LogP contribution is 2.11. The van der Waals surface area contributed by atoms with Gasteiger partial charge < -0.3 is 19.5 Å². The van der Waals surface area contributed by atoms with Gasteiger partial charge in [0.25, 0.3) is 5.91 Å². The molecule has 0 bridgehead atoms. The van der Waals surface area contributed by atoms with E-state index in [1.807, 2.05) is 0 Å². The molecule has 0 atom stereocenters. The number of oxazole rings is 1. The lowest BCUT2D eigenvalue weighted by Gasteiger charge is -2.06. The van der Waals surface area contributed by atoms with Crippen LogP contribution in [0.5, 0.6) is 0 Å². The van der Waals surface area contributed by atoms with Gasteiger partial charge in [-0.3, -0.25) is 14.2 Å². The van der Waals surface area contributed by atoms with E-state index in [2.05, 4.69) is 10.6 Å². The van der Waals surface area contributed by atoms with Crippen LogP contribution in [0.4, 0.5) is 0 Å². The quantitative estimate of drug-likeness (QED) is 0.649. The molecule has 24 heavy (non-hydrogen) atoms. The molecule has 8 nitrogen and oxygen atoms in total. The van der Waals surface area contributed by atoms with Crippen molar-refractivity contribution in [3.05, 3.63) is 59.0 Å². The van der Waals surface area contributed by atoms with E-state index in [0.29, 0.717) is 11.1 Å². The summed E-state index contributed by atoms with van der Waals surface area (Å²) < 4.78 is 11.3. The molecule has 0 fully saturated rings. The third kappa shape index (κ3) is 3.37. The molecular weight excluding hydrogens is 314 g/mol. The van der Waals surface area contributed by atoms with Gasteiger partial charge in [0, 0.05) is 13.1 Å². The number of furan rings is 1. The lowest BCUT2D eigenvalue weighted by Crippen LogP contribution is -2.37. The van der Waals surface area contributed by atoms with Crippen LogP contribution in [-0.2, 0) is 11.3 Å². The van der Waals surface area contributed by atoms with Crippen molar-refractivity contribution >= 4 is 22.9 Å². The number of para-hydroxylation sites is 2. The van der Waals surface area contributed by atoms with Gasteiger partial charge in [-0.1, -0.05) is 12.1 Å². The Morgan fingerprint density at radius 3 is 2.62 bits per heavy atom. The van der Waals surface area contributed by atoms with Crippen LogP contribution < -0.4 is 16.4 Å². The Kier molecular flexibility index (Phi) is 4.46. The van der Waals surface area contributed by atoms with Crippen molar-refractivity contribution in [2.75, 3.05) is 13.1 Å². The minimum absolute atomic E-state index is 0.151. The predicted molar refractivity (Wildman–Crippen MR) is 84.5 cm³/mol. The van der Waals surface area contributed by atoms with Gasteiger partial charge >= 0.3 is 5.76 Å². The second-order valence-corrected chi connectivity index (χ2v) is 5.00. The van der Waals surface area contributed by atoms with Gasteiger partial charge in [-0.05, 0) is 24.3 Å². The summed E-state index contributed by atoms with van der Waals surface area (Å²) in [6, 6.07) is 10.0. The number of benzene rings is 1. The van der Waals surface area contributed by atoms with Crippen molar-refractivity contribution in [1.29, 1.82) is 0 Å². The van der Waals surface area contributed by atoms with Crippen LogP contribution in [0.3, 0.4) is 0 Å². The second kappa shape index (κ2) is 6.86. The van der Waals surface area contributed by atoms with E-state index in [4.69, 9.17) is 8.83 Å². The maximum absolute atomic E-state index is 11.9. The van der Waals surface area contributed by atoms with Gasteiger partial charge in [0.2, 0.25) is 5.91 Å². The van der Waals surface area contributed by atoms with E-state index in [9.17, 15) is 14.4 Å². The van der Waals surface area contributed by atoms with E-state index in [1.165, 1.54) is 10.8 Å². The first-order valence-corrected chi connectivity index (χ1v) is 7.32. The molecule has 0 spiro atoms. The van der Waals surface area contributed by atoms with Crippen LogP contribution in [0.1, 0.15) is 10.6 Å². The highest BCUT2D eigenvalue weighted by molar-refractivity contribution is 5.91. The average molecular weight is 329 g/mol. The molecule has 124 valence electrons. The third-order valence-electron chi connectivity index (χ3n) is 3.35. The number of carbonyl (C=O) groups is 2. The van der Waals surface area contributed by atoms with Gasteiger partial charge in [-0.25, -0.2) is 4.79 Å². The van der Waals surface area contributed by atoms with Crippen LogP contribution in [0.25, 0.3) is 11.1 Å². The summed E-state index contributed by atoms with van der Waals surface area (Å²) in [6.07, 6.45) is 1.41. The summed E-state index contributed by atoms with van der Waals surface area (Å²) in [4.78, 5) is 35.3. The minimum Gasteiger partial charge on any atom is -0.459 e. The lowest BCUT2D eigenvalue weighted by atomic mass is 10.3. The van der Waals surface area contributed by atoms with Crippen LogP contribution >= 0.6 is 0 Å². The maximum Gasteiger partial charge on any atom is 0.420 e. The summed E-state index contributed by atoms with van der Waals surface area (Å²) in [5.74, 6) is -1.09. The molecule has 3 rings (SSSR count). The highest BCUT2D eigenvalue weighted by atomic mass is 16.4. The van der Waals surface area contributed by atoms with Gasteiger partial charge in [0.1, 0.15) is 6.54 Å². The summed E-state index contributed by atoms with van der Waals surface area (Å²) >= 11 is 0. The number of rotatable bonds is 6. The first kappa shape index (κ1) is 15.6. The van der Waals surface area contributed by atoms with E-state index in [1.54, 1.807) is 36.4 Å². The van der Waals surface area contributed by atoms with Crippen LogP contribution in [-0.4, -0.2) is 29.5 Å². The fraction of sp³-hybridized carbons (Fsp3) is 0.188. The Balaban J connectivity index is 1.50. The molecule has 0 aliphatic rings. The molecular formula is C16H15N3O5. The number of nitrogens with one attached hydrogen (secondary N) is 2. The van der Waals surface area contributed by atoms with Crippen molar-refractivity contribution in [1.82, 2.24) is 15.2 Å². The van der Waals surface area contributed by atoms with Gasteiger partial charge in [-0.2, -0.15) is 0 Å². The second-order valence-electron chi connectivity index (χ2n) is 5.00. The molecule has 2 N–H and O–H groups in total. The van der Waals surface area contributed by atoms with Gasteiger partial charge in [0.15, 0.2) is 11.3 Å². The number of nitrogens with zero attached hydrogens (tertiary/aromatic N) is 1. The number of fused-ring (bicyclic) bond motifs is 1. The Bertz CT molecular complexity index is 907. The third-order valence-corrected chi connectivity index (χ3v) is 3.35. The van der Waals surface area contributed by atoms with Crippen molar-refractivity contribution in [2.45, 2.75) is 6.54 Å². The first-order chi connectivity index (χ1) is 11.6. The molecule has 2 aromatic heterocycles. The van der Waals surface area contributed by atoms with Crippen molar-refractivity contribution in [2.24, 2.45) is 0 Å². The molecule has 0 aliphatic heterocycles. The number of hydrogen-bond acceptors (Lipinski definition) is 5. The van der Waals surface area contributed by atoms with Crippen LogP contribution in [0.2, 0.25) is 0 Å². The van der Waals surface area contributed by atoms with E-state index >= 15 is 0 Å². The summed E-state index contributed by atoms with van der Waals surface area (Å²) in [5.41, 5.74) is 0.991. The largest absolute Gasteiger partial charge is 0.459 e. The number of amides is 2. The first-order valence-electron chi connectivity index (χ1n) is 7.32. The molecule has 1 aromatic carbocycles. The molecule has 0 unspecified atom stereocenters. The monoisotopic (exact) mass is 329 g/mol. The SMILES string of the molecule is O=C(Cn1c(=O)oc2ccccc21)NCCNC(=O)c1ccco1. The normalized spacial score (nSPS) is 10.7. The smallest absolute Gasteiger partial charge is 0.420 e. The Morgan fingerprint density at radius 1 is 1.04 bits per heavy atom. The molecule has 0 saturated carbocycles. The Hall–Kier alpha value is -3.29. The van der Waals surface area contributed by atoms with Crippen molar-refractivity contribution in [3.63, 3.8) is 0 Å². The maximum atomic E-state index is 11.9. The zero-order chi connectivity index (χ0) is 16.9. The number of hydrogen-bond donors (Lipinski definition) is 2. The van der Waals surface area contributed by atoms with E-state index in [-0.39, 0.29) is 37.2 Å². The Labute approximate surface area is 136 Å². The molecule has 2 amide bonds. The van der Waals surface area contributed by atoms with E-state index < -0.39 is 5.76 Å². The van der Waals surface area contributed by atoms with Gasteiger partial charge in [-0.15, -0.1) is 0 Å². The zero-order valence-corrected chi connectivity index (χ0v) is 12.7. The summed E-state index contributed by atoms with van der Waals surface area (Å²) in [6.45, 7) is 0.324. The molecule has 0 radical (unpaired) electrons. The average Bonchev–Trinajstić information content (AvgIpc) is 3.20. The molecule has 2 heterocycles. The molecule has 0 saturated heterocycles. The Morgan fingerprint density at radius 2 is 1.83 bits per heavy atom. The highest BCUT2D eigenvalue weighted by Gasteiger charge is 2.12. The van der Waals surface area contributed by atoms with Crippen LogP contribution in [0.15, 0.2) is 56.3 Å². The fourth-order valence-electron chi connectivity index (χ4n) is 2.24. The molecule has 0 aliphatic carbocycles. The molecule has 3 aromatic rings. The topological polar surface area (TPSA) is 106 Å². The number of carbonyl (C=O) groups excluding carboxylic acids is 2. The van der Waals surface area contributed by atoms with Crippen molar-refractivity contribution in [3.8, 4) is 0 Å². The summed E-state index contributed by atoms with van der Waals surface area (Å²) in [5, 5.41) is 5.23. The minimum atomic E-state index is -0.586. The van der Waals surface area contributed by atoms with Crippen molar-refractivity contribution < 1.29 is 18.4 Å². The number of aromatic nitrogens is 1. The lowest BCUT2D eigenvalue weighted by molar-refractivity contribution is -0.121. The van der Waals surface area contributed by atoms with Gasteiger partial charge in [0.05, 0.1) is 11.8 Å². The zero-order valence-electron chi connectivity index (χ0n) is 12.7.